The lowest BCUT2D eigenvalue weighted by Gasteiger charge is -2.15. The molecule has 3 nitrogen and oxygen atoms in total. The van der Waals surface area contributed by atoms with E-state index in [0.717, 1.165) is 24.1 Å². The van der Waals surface area contributed by atoms with Gasteiger partial charge in [0.05, 0.1) is 6.54 Å². The number of para-hydroxylation sites is 1. The fourth-order valence-electron chi connectivity index (χ4n) is 1.72. The van der Waals surface area contributed by atoms with Gasteiger partial charge in [-0.15, -0.1) is 0 Å². The van der Waals surface area contributed by atoms with Crippen molar-refractivity contribution in [1.29, 1.82) is 0 Å². The summed E-state index contributed by atoms with van der Waals surface area (Å²) in [5, 5.41) is 6.16. The molecule has 0 spiro atoms. The minimum Gasteiger partial charge on any atom is -0.376 e. The largest absolute Gasteiger partial charge is 0.376 e. The van der Waals surface area contributed by atoms with Crippen LogP contribution in [0.4, 0.5) is 5.69 Å². The quantitative estimate of drug-likeness (QED) is 0.794. The molecule has 0 aliphatic heterocycles. The van der Waals surface area contributed by atoms with Crippen LogP contribution in [0.3, 0.4) is 0 Å². The van der Waals surface area contributed by atoms with E-state index in [0.29, 0.717) is 12.6 Å². The van der Waals surface area contributed by atoms with Crippen LogP contribution in [0.5, 0.6) is 0 Å². The zero-order chi connectivity index (χ0) is 12.7. The number of carbonyl (C=O) groups excluding carboxylic acids is 1. The maximum Gasteiger partial charge on any atom is 0.239 e. The summed E-state index contributed by atoms with van der Waals surface area (Å²) >= 11 is 0. The number of rotatable bonds is 6. The second kappa shape index (κ2) is 6.94. The normalized spacial score (nSPS) is 10.4. The highest BCUT2D eigenvalue weighted by molar-refractivity contribution is 5.81. The van der Waals surface area contributed by atoms with Gasteiger partial charge >= 0.3 is 0 Å². The van der Waals surface area contributed by atoms with Crippen molar-refractivity contribution in [3.8, 4) is 0 Å². The van der Waals surface area contributed by atoms with Crippen LogP contribution in [0, 0.1) is 6.92 Å². The van der Waals surface area contributed by atoms with Gasteiger partial charge in [0.2, 0.25) is 5.91 Å². The van der Waals surface area contributed by atoms with Crippen molar-refractivity contribution >= 4 is 11.6 Å². The van der Waals surface area contributed by atoms with E-state index in [2.05, 4.69) is 24.5 Å². The summed E-state index contributed by atoms with van der Waals surface area (Å²) in [6.45, 7) is 6.54. The van der Waals surface area contributed by atoms with Crippen molar-refractivity contribution in [3.05, 3.63) is 29.8 Å². The molecule has 3 heteroatoms. The van der Waals surface area contributed by atoms with Crippen molar-refractivity contribution in [1.82, 2.24) is 5.32 Å². The first-order chi connectivity index (χ1) is 8.17. The Labute approximate surface area is 104 Å². The minimum atomic E-state index is 0.0574. The number of hydrogen-bond donors (Lipinski definition) is 2. The third-order valence-corrected chi connectivity index (χ3v) is 2.94. The standard InChI is InChI=1S/C14H22N2O/c1-4-12(5-2)16-14(17)10-15-13-9-7-6-8-11(13)3/h6-9,12,15H,4-5,10H2,1-3H3,(H,16,17). The molecule has 0 radical (unpaired) electrons. The summed E-state index contributed by atoms with van der Waals surface area (Å²) in [5.41, 5.74) is 2.18. The van der Waals surface area contributed by atoms with E-state index in [1.165, 1.54) is 0 Å². The van der Waals surface area contributed by atoms with Crippen molar-refractivity contribution in [2.45, 2.75) is 39.7 Å². The second-order valence-corrected chi connectivity index (χ2v) is 4.25. The molecular weight excluding hydrogens is 212 g/mol. The van der Waals surface area contributed by atoms with Crippen molar-refractivity contribution in [3.63, 3.8) is 0 Å². The monoisotopic (exact) mass is 234 g/mol. The maximum absolute atomic E-state index is 11.7. The van der Waals surface area contributed by atoms with Crippen LogP contribution in [0.15, 0.2) is 24.3 Å². The van der Waals surface area contributed by atoms with Crippen molar-refractivity contribution in [2.24, 2.45) is 0 Å². The molecule has 17 heavy (non-hydrogen) atoms. The highest BCUT2D eigenvalue weighted by atomic mass is 16.1. The average Bonchev–Trinajstić information content (AvgIpc) is 2.35. The molecule has 1 aromatic rings. The van der Waals surface area contributed by atoms with Crippen LogP contribution >= 0.6 is 0 Å². The number of amides is 1. The molecule has 0 bridgehead atoms. The summed E-state index contributed by atoms with van der Waals surface area (Å²) in [4.78, 5) is 11.7. The lowest BCUT2D eigenvalue weighted by atomic mass is 10.2. The SMILES string of the molecule is CCC(CC)NC(=O)CNc1ccccc1C. The third kappa shape index (κ3) is 4.47. The fraction of sp³-hybridized carbons (Fsp3) is 0.500. The number of carbonyl (C=O) groups is 1. The first kappa shape index (κ1) is 13.6. The number of benzene rings is 1. The van der Waals surface area contributed by atoms with Crippen LogP contribution in [0.25, 0.3) is 0 Å². The van der Waals surface area contributed by atoms with Crippen molar-refractivity contribution in [2.75, 3.05) is 11.9 Å². The molecule has 0 aromatic heterocycles. The molecule has 0 saturated heterocycles. The summed E-state index contributed by atoms with van der Waals surface area (Å²) < 4.78 is 0. The average molecular weight is 234 g/mol. The van der Waals surface area contributed by atoms with Crippen molar-refractivity contribution < 1.29 is 4.79 Å². The van der Waals surface area contributed by atoms with E-state index in [4.69, 9.17) is 0 Å². The number of nitrogens with one attached hydrogen (secondary N) is 2. The lowest BCUT2D eigenvalue weighted by molar-refractivity contribution is -0.120. The smallest absolute Gasteiger partial charge is 0.239 e. The third-order valence-electron chi connectivity index (χ3n) is 2.94. The molecule has 0 aliphatic rings. The Morgan fingerprint density at radius 1 is 1.24 bits per heavy atom. The van der Waals surface area contributed by atoms with Crippen LogP contribution < -0.4 is 10.6 Å². The molecule has 0 aliphatic carbocycles. The Morgan fingerprint density at radius 2 is 1.88 bits per heavy atom. The highest BCUT2D eigenvalue weighted by Gasteiger charge is 2.07. The van der Waals surface area contributed by atoms with Crippen LogP contribution in [0.2, 0.25) is 0 Å². The highest BCUT2D eigenvalue weighted by Crippen LogP contribution is 2.12. The molecule has 1 aromatic carbocycles. The van der Waals surface area contributed by atoms with Gasteiger partial charge in [0.25, 0.3) is 0 Å². The van der Waals surface area contributed by atoms with E-state index >= 15 is 0 Å². The summed E-state index contributed by atoms with van der Waals surface area (Å²) in [6, 6.07) is 8.26. The van der Waals surface area contributed by atoms with Gasteiger partial charge in [-0.1, -0.05) is 32.0 Å². The Kier molecular flexibility index (Phi) is 5.53. The van der Waals surface area contributed by atoms with Crippen LogP contribution in [-0.4, -0.2) is 18.5 Å². The van der Waals surface area contributed by atoms with Gasteiger partial charge in [0.15, 0.2) is 0 Å². The van der Waals surface area contributed by atoms with Gasteiger partial charge in [0.1, 0.15) is 0 Å². The van der Waals surface area contributed by atoms with E-state index in [9.17, 15) is 4.79 Å². The molecule has 0 fully saturated rings. The van der Waals surface area contributed by atoms with E-state index < -0.39 is 0 Å². The molecule has 2 N–H and O–H groups in total. The van der Waals surface area contributed by atoms with Gasteiger partial charge < -0.3 is 10.6 Å². The first-order valence-electron chi connectivity index (χ1n) is 6.26. The zero-order valence-electron chi connectivity index (χ0n) is 10.9. The van der Waals surface area contributed by atoms with E-state index in [1.54, 1.807) is 0 Å². The summed E-state index contributed by atoms with van der Waals surface area (Å²) in [6.07, 6.45) is 1.96. The van der Waals surface area contributed by atoms with Crippen LogP contribution in [-0.2, 0) is 4.79 Å². The number of anilines is 1. The molecule has 94 valence electrons. The summed E-state index contributed by atoms with van der Waals surface area (Å²) in [7, 11) is 0. The predicted octanol–water partition coefficient (Wildman–Crippen LogP) is 2.71. The molecule has 1 rings (SSSR count). The van der Waals surface area contributed by atoms with Gasteiger partial charge in [-0.2, -0.15) is 0 Å². The van der Waals surface area contributed by atoms with Gasteiger partial charge in [-0.3, -0.25) is 4.79 Å². The topological polar surface area (TPSA) is 41.1 Å². The Hall–Kier alpha value is -1.51. The van der Waals surface area contributed by atoms with Gasteiger partial charge in [0, 0.05) is 11.7 Å². The summed E-state index contributed by atoms with van der Waals surface area (Å²) in [5.74, 6) is 0.0574. The number of hydrogen-bond acceptors (Lipinski definition) is 2. The molecule has 0 saturated carbocycles. The maximum atomic E-state index is 11.7. The Balaban J connectivity index is 2.41. The molecule has 0 heterocycles. The molecule has 0 atom stereocenters. The van der Waals surface area contributed by atoms with E-state index in [-0.39, 0.29) is 5.91 Å². The second-order valence-electron chi connectivity index (χ2n) is 4.25. The van der Waals surface area contributed by atoms with E-state index in [1.807, 2.05) is 31.2 Å². The molecule has 0 unspecified atom stereocenters. The van der Waals surface area contributed by atoms with Gasteiger partial charge in [-0.25, -0.2) is 0 Å². The Morgan fingerprint density at radius 3 is 2.47 bits per heavy atom. The molecular formula is C14H22N2O. The molecule has 1 amide bonds. The number of aryl methyl sites for hydroxylation is 1. The zero-order valence-corrected chi connectivity index (χ0v) is 10.9. The van der Waals surface area contributed by atoms with Crippen LogP contribution in [0.1, 0.15) is 32.3 Å². The van der Waals surface area contributed by atoms with Gasteiger partial charge in [-0.05, 0) is 31.4 Å². The fourth-order valence-corrected chi connectivity index (χ4v) is 1.72. The Bertz CT molecular complexity index is 359. The minimum absolute atomic E-state index is 0.0574. The first-order valence-corrected chi connectivity index (χ1v) is 6.26. The lowest BCUT2D eigenvalue weighted by Crippen LogP contribution is -2.37. The predicted molar refractivity (Wildman–Crippen MR) is 72.2 cm³/mol.